The van der Waals surface area contributed by atoms with Gasteiger partial charge < -0.3 is 9.80 Å². The lowest BCUT2D eigenvalue weighted by Crippen LogP contribution is -2.37. The summed E-state index contributed by atoms with van der Waals surface area (Å²) in [6.07, 6.45) is 0.257. The zero-order valence-electron chi connectivity index (χ0n) is 14.2. The highest BCUT2D eigenvalue weighted by molar-refractivity contribution is 6.30. The average molecular weight is 357 g/mol. The molecule has 1 saturated heterocycles. The van der Waals surface area contributed by atoms with Crippen LogP contribution in [0.3, 0.4) is 0 Å². The van der Waals surface area contributed by atoms with Gasteiger partial charge in [0.05, 0.1) is 5.92 Å². The Labute approximate surface area is 153 Å². The van der Waals surface area contributed by atoms with Crippen molar-refractivity contribution in [2.24, 2.45) is 5.92 Å². The zero-order valence-corrected chi connectivity index (χ0v) is 14.9. The molecule has 0 saturated carbocycles. The van der Waals surface area contributed by atoms with Crippen molar-refractivity contribution in [1.29, 1.82) is 0 Å². The number of hydrogen-bond donors (Lipinski definition) is 0. The van der Waals surface area contributed by atoms with Crippen LogP contribution in [-0.4, -0.2) is 29.8 Å². The molecule has 1 fully saturated rings. The Kier molecular flexibility index (Phi) is 5.39. The van der Waals surface area contributed by atoms with Gasteiger partial charge in [0.1, 0.15) is 0 Å². The normalized spacial score (nSPS) is 17.0. The Morgan fingerprint density at radius 3 is 2.48 bits per heavy atom. The number of nitrogens with zero attached hydrogens (tertiary/aromatic N) is 2. The van der Waals surface area contributed by atoms with Gasteiger partial charge in [0, 0.05) is 36.8 Å². The van der Waals surface area contributed by atoms with E-state index in [-0.39, 0.29) is 24.2 Å². The van der Waals surface area contributed by atoms with Crippen LogP contribution in [0.5, 0.6) is 0 Å². The molecule has 1 atom stereocenters. The summed E-state index contributed by atoms with van der Waals surface area (Å²) in [5, 5.41) is 0.628. The summed E-state index contributed by atoms with van der Waals surface area (Å²) >= 11 is 5.91. The number of carbonyl (C=O) groups is 2. The van der Waals surface area contributed by atoms with Gasteiger partial charge in [-0.15, -0.1) is 0 Å². The van der Waals surface area contributed by atoms with E-state index in [2.05, 4.69) is 0 Å². The Balaban J connectivity index is 1.69. The second kappa shape index (κ2) is 7.70. The standard InChI is InChI=1S/C20H21ClN2O2/c1-2-22(13-15-6-4-3-5-7-15)20(25)16-12-19(24)23(14-16)18-10-8-17(21)9-11-18/h3-11,16H,2,12-14H2,1H3. The Bertz CT molecular complexity index is 746. The van der Waals surface area contributed by atoms with E-state index in [1.54, 1.807) is 17.0 Å². The highest BCUT2D eigenvalue weighted by Gasteiger charge is 2.36. The molecule has 0 aromatic heterocycles. The second-order valence-corrected chi connectivity index (χ2v) is 6.66. The number of anilines is 1. The van der Waals surface area contributed by atoms with Crippen LogP contribution in [0.1, 0.15) is 18.9 Å². The molecule has 0 spiro atoms. The van der Waals surface area contributed by atoms with Gasteiger partial charge in [-0.05, 0) is 36.8 Å². The summed E-state index contributed by atoms with van der Waals surface area (Å²) in [6.45, 7) is 3.58. The third kappa shape index (κ3) is 4.02. The maximum Gasteiger partial charge on any atom is 0.228 e. The molecular weight excluding hydrogens is 336 g/mol. The molecule has 0 bridgehead atoms. The molecule has 1 aliphatic rings. The maximum atomic E-state index is 12.9. The SMILES string of the molecule is CCN(Cc1ccccc1)C(=O)C1CC(=O)N(c2ccc(Cl)cc2)C1. The molecule has 0 N–H and O–H groups in total. The lowest BCUT2D eigenvalue weighted by molar-refractivity contribution is -0.136. The maximum absolute atomic E-state index is 12.9. The van der Waals surface area contributed by atoms with Gasteiger partial charge in [0.2, 0.25) is 11.8 Å². The van der Waals surface area contributed by atoms with Crippen molar-refractivity contribution < 1.29 is 9.59 Å². The minimum Gasteiger partial charge on any atom is -0.338 e. The summed E-state index contributed by atoms with van der Waals surface area (Å²) in [7, 11) is 0. The van der Waals surface area contributed by atoms with E-state index in [0.717, 1.165) is 11.3 Å². The van der Waals surface area contributed by atoms with E-state index in [1.807, 2.05) is 54.3 Å². The van der Waals surface area contributed by atoms with Gasteiger partial charge in [-0.25, -0.2) is 0 Å². The van der Waals surface area contributed by atoms with Crippen LogP contribution >= 0.6 is 11.6 Å². The van der Waals surface area contributed by atoms with Gasteiger partial charge in [0.25, 0.3) is 0 Å². The van der Waals surface area contributed by atoms with Crippen molar-refractivity contribution in [1.82, 2.24) is 4.90 Å². The van der Waals surface area contributed by atoms with E-state index >= 15 is 0 Å². The van der Waals surface area contributed by atoms with Crippen LogP contribution in [0.15, 0.2) is 54.6 Å². The minimum atomic E-state index is -0.299. The smallest absolute Gasteiger partial charge is 0.228 e. The van der Waals surface area contributed by atoms with E-state index in [9.17, 15) is 9.59 Å². The van der Waals surface area contributed by atoms with E-state index in [1.165, 1.54) is 0 Å². The summed E-state index contributed by atoms with van der Waals surface area (Å²) in [5.74, 6) is -0.278. The molecule has 1 unspecified atom stereocenters. The van der Waals surface area contributed by atoms with Crippen LogP contribution in [0.25, 0.3) is 0 Å². The van der Waals surface area contributed by atoms with Crippen LogP contribution in [0.2, 0.25) is 5.02 Å². The van der Waals surface area contributed by atoms with Gasteiger partial charge in [-0.1, -0.05) is 41.9 Å². The summed E-state index contributed by atoms with van der Waals surface area (Å²) < 4.78 is 0. The highest BCUT2D eigenvalue weighted by atomic mass is 35.5. The van der Waals surface area contributed by atoms with E-state index < -0.39 is 0 Å². The number of carbonyl (C=O) groups excluding carboxylic acids is 2. The van der Waals surface area contributed by atoms with Crippen molar-refractivity contribution in [2.75, 3.05) is 18.0 Å². The number of halogens is 1. The van der Waals surface area contributed by atoms with Crippen molar-refractivity contribution >= 4 is 29.1 Å². The highest BCUT2D eigenvalue weighted by Crippen LogP contribution is 2.27. The molecule has 1 aliphatic heterocycles. The predicted octanol–water partition coefficient (Wildman–Crippen LogP) is 3.74. The van der Waals surface area contributed by atoms with E-state index in [4.69, 9.17) is 11.6 Å². The Morgan fingerprint density at radius 2 is 1.84 bits per heavy atom. The van der Waals surface area contributed by atoms with Crippen molar-refractivity contribution in [3.63, 3.8) is 0 Å². The first-order chi connectivity index (χ1) is 12.1. The first kappa shape index (κ1) is 17.5. The molecule has 2 aromatic rings. The number of hydrogen-bond acceptors (Lipinski definition) is 2. The van der Waals surface area contributed by atoms with Crippen molar-refractivity contribution in [3.05, 3.63) is 65.2 Å². The lowest BCUT2D eigenvalue weighted by atomic mass is 10.1. The molecule has 3 rings (SSSR count). The van der Waals surface area contributed by atoms with Crippen molar-refractivity contribution in [2.45, 2.75) is 19.9 Å². The fraction of sp³-hybridized carbons (Fsp3) is 0.300. The first-order valence-electron chi connectivity index (χ1n) is 8.47. The number of benzene rings is 2. The van der Waals surface area contributed by atoms with Crippen LogP contribution < -0.4 is 4.90 Å². The van der Waals surface area contributed by atoms with Crippen molar-refractivity contribution in [3.8, 4) is 0 Å². The average Bonchev–Trinajstić information content (AvgIpc) is 3.02. The van der Waals surface area contributed by atoms with Gasteiger partial charge >= 0.3 is 0 Å². The lowest BCUT2D eigenvalue weighted by Gasteiger charge is -2.24. The van der Waals surface area contributed by atoms with Gasteiger partial charge in [-0.2, -0.15) is 0 Å². The van der Waals surface area contributed by atoms with E-state index in [0.29, 0.717) is 24.7 Å². The number of rotatable bonds is 5. The predicted molar refractivity (Wildman–Crippen MR) is 99.4 cm³/mol. The molecule has 130 valence electrons. The fourth-order valence-corrected chi connectivity index (χ4v) is 3.28. The minimum absolute atomic E-state index is 0.0172. The summed E-state index contributed by atoms with van der Waals surface area (Å²) in [5.41, 5.74) is 1.88. The zero-order chi connectivity index (χ0) is 17.8. The summed E-state index contributed by atoms with van der Waals surface area (Å²) in [4.78, 5) is 28.7. The molecule has 1 heterocycles. The first-order valence-corrected chi connectivity index (χ1v) is 8.85. The quantitative estimate of drug-likeness (QED) is 0.818. The molecule has 0 aliphatic carbocycles. The monoisotopic (exact) mass is 356 g/mol. The van der Waals surface area contributed by atoms with Crippen LogP contribution in [-0.2, 0) is 16.1 Å². The Hall–Kier alpha value is -2.33. The number of amides is 2. The molecule has 25 heavy (non-hydrogen) atoms. The Morgan fingerprint density at radius 1 is 1.16 bits per heavy atom. The molecule has 2 aromatic carbocycles. The summed E-state index contributed by atoms with van der Waals surface area (Å²) in [6, 6.07) is 17.1. The molecule has 2 amide bonds. The third-order valence-electron chi connectivity index (χ3n) is 4.52. The topological polar surface area (TPSA) is 40.6 Å². The molecule has 4 nitrogen and oxygen atoms in total. The third-order valence-corrected chi connectivity index (χ3v) is 4.77. The van der Waals surface area contributed by atoms with Crippen LogP contribution in [0, 0.1) is 5.92 Å². The second-order valence-electron chi connectivity index (χ2n) is 6.22. The largest absolute Gasteiger partial charge is 0.338 e. The fourth-order valence-electron chi connectivity index (χ4n) is 3.15. The molecule has 5 heteroatoms. The molecular formula is C20H21ClN2O2. The van der Waals surface area contributed by atoms with Gasteiger partial charge in [0.15, 0.2) is 0 Å². The molecule has 0 radical (unpaired) electrons. The van der Waals surface area contributed by atoms with Crippen LogP contribution in [0.4, 0.5) is 5.69 Å². The van der Waals surface area contributed by atoms with Gasteiger partial charge in [-0.3, -0.25) is 9.59 Å².